The van der Waals surface area contributed by atoms with Crippen LogP contribution in [0.4, 0.5) is 0 Å². The summed E-state index contributed by atoms with van der Waals surface area (Å²) in [7, 11) is 1.51. The number of benzene rings is 2. The van der Waals surface area contributed by atoms with Crippen molar-refractivity contribution >= 4 is 17.5 Å². The first-order valence-electron chi connectivity index (χ1n) is 7.63. The zero-order chi connectivity index (χ0) is 18.9. The fraction of sp³-hybridized carbons (Fsp3) is 0.211. The minimum atomic E-state index is -1.36. The van der Waals surface area contributed by atoms with Gasteiger partial charge in [-0.15, -0.1) is 6.42 Å². The normalized spacial score (nSPS) is 11.3. The van der Waals surface area contributed by atoms with Crippen LogP contribution in [0.5, 0.6) is 11.5 Å². The molecule has 1 amide bonds. The Kier molecular flexibility index (Phi) is 7.30. The molecule has 2 N–H and O–H groups in total. The van der Waals surface area contributed by atoms with Gasteiger partial charge in [0, 0.05) is 5.02 Å². The fourth-order valence-corrected chi connectivity index (χ4v) is 2.21. The number of aliphatic hydroxyl groups is 1. The standard InChI is InChI=1S/C19H18ClNO5/c1-3-10-25-16-9-4-13(11-17(16)24-2)12-26-21-19(23)18(22)14-5-7-15(20)8-6-14/h1,4-9,11,18,22H,10,12H2,2H3,(H,21,23). The van der Waals surface area contributed by atoms with Gasteiger partial charge >= 0.3 is 0 Å². The summed E-state index contributed by atoms with van der Waals surface area (Å²) in [5.41, 5.74) is 3.35. The summed E-state index contributed by atoms with van der Waals surface area (Å²) in [6.07, 6.45) is 3.80. The van der Waals surface area contributed by atoms with E-state index in [1.165, 1.54) is 7.11 Å². The SMILES string of the molecule is C#CCOc1ccc(CONC(=O)C(O)c2ccc(Cl)cc2)cc1OC. The number of carbonyl (C=O) groups is 1. The quantitative estimate of drug-likeness (QED) is 0.548. The first-order valence-corrected chi connectivity index (χ1v) is 8.01. The Balaban J connectivity index is 1.89. The van der Waals surface area contributed by atoms with Crippen molar-refractivity contribution in [2.24, 2.45) is 0 Å². The van der Waals surface area contributed by atoms with Crippen LogP contribution in [0.25, 0.3) is 0 Å². The highest BCUT2D eigenvalue weighted by atomic mass is 35.5. The van der Waals surface area contributed by atoms with E-state index in [0.29, 0.717) is 22.1 Å². The summed E-state index contributed by atoms with van der Waals surface area (Å²) in [4.78, 5) is 17.1. The molecule has 0 aromatic heterocycles. The molecule has 2 aromatic rings. The van der Waals surface area contributed by atoms with Gasteiger partial charge in [-0.1, -0.05) is 35.7 Å². The number of ether oxygens (including phenoxy) is 2. The number of nitrogens with one attached hydrogen (secondary N) is 1. The van der Waals surface area contributed by atoms with Crippen molar-refractivity contribution in [2.45, 2.75) is 12.7 Å². The second-order valence-electron chi connectivity index (χ2n) is 5.19. The molecule has 0 bridgehead atoms. The minimum Gasteiger partial charge on any atom is -0.493 e. The molecule has 7 heteroatoms. The number of carbonyl (C=O) groups excluding carboxylic acids is 1. The van der Waals surface area contributed by atoms with Crippen LogP contribution in [0.3, 0.4) is 0 Å². The predicted molar refractivity (Wildman–Crippen MR) is 96.7 cm³/mol. The van der Waals surface area contributed by atoms with Crippen LogP contribution in [0.2, 0.25) is 5.02 Å². The Hall–Kier alpha value is -2.72. The maximum atomic E-state index is 11.9. The molecule has 6 nitrogen and oxygen atoms in total. The number of amides is 1. The lowest BCUT2D eigenvalue weighted by molar-refractivity contribution is -0.143. The molecular weight excluding hydrogens is 358 g/mol. The molecule has 1 unspecified atom stereocenters. The molecule has 0 spiro atoms. The van der Waals surface area contributed by atoms with Crippen molar-refractivity contribution in [3.63, 3.8) is 0 Å². The third kappa shape index (κ3) is 5.39. The van der Waals surface area contributed by atoms with Crippen molar-refractivity contribution < 1.29 is 24.2 Å². The maximum absolute atomic E-state index is 11.9. The van der Waals surface area contributed by atoms with Gasteiger partial charge < -0.3 is 14.6 Å². The average molecular weight is 376 g/mol. The lowest BCUT2D eigenvalue weighted by atomic mass is 10.1. The van der Waals surface area contributed by atoms with Gasteiger partial charge in [0.1, 0.15) is 6.61 Å². The van der Waals surface area contributed by atoms with Crippen LogP contribution >= 0.6 is 11.6 Å². The number of hydrogen-bond acceptors (Lipinski definition) is 5. The summed E-state index contributed by atoms with van der Waals surface area (Å²) in [5, 5.41) is 10.5. The average Bonchev–Trinajstić information content (AvgIpc) is 2.66. The van der Waals surface area contributed by atoms with E-state index in [9.17, 15) is 9.90 Å². The van der Waals surface area contributed by atoms with Crippen LogP contribution in [-0.2, 0) is 16.2 Å². The molecule has 26 heavy (non-hydrogen) atoms. The second-order valence-corrected chi connectivity index (χ2v) is 5.62. The molecule has 0 aliphatic carbocycles. The lowest BCUT2D eigenvalue weighted by Gasteiger charge is -2.13. The van der Waals surface area contributed by atoms with Crippen LogP contribution in [0.15, 0.2) is 42.5 Å². The molecule has 2 rings (SSSR count). The van der Waals surface area contributed by atoms with Crippen LogP contribution < -0.4 is 15.0 Å². The van der Waals surface area contributed by atoms with Gasteiger partial charge in [-0.3, -0.25) is 9.63 Å². The summed E-state index contributed by atoms with van der Waals surface area (Å²) in [6.45, 7) is 0.204. The van der Waals surface area contributed by atoms with Crippen LogP contribution in [0.1, 0.15) is 17.2 Å². The Morgan fingerprint density at radius 2 is 2.00 bits per heavy atom. The van der Waals surface area contributed by atoms with Crippen LogP contribution in [0, 0.1) is 12.3 Å². The largest absolute Gasteiger partial charge is 0.493 e. The van der Waals surface area contributed by atoms with Crippen molar-refractivity contribution in [2.75, 3.05) is 13.7 Å². The van der Waals surface area contributed by atoms with Crippen LogP contribution in [-0.4, -0.2) is 24.7 Å². The van der Waals surface area contributed by atoms with E-state index >= 15 is 0 Å². The number of terminal acetylenes is 1. The number of aliphatic hydroxyl groups excluding tert-OH is 1. The van der Waals surface area contributed by atoms with Gasteiger partial charge in [-0.05, 0) is 35.4 Å². The molecule has 0 aliphatic heterocycles. The highest BCUT2D eigenvalue weighted by Crippen LogP contribution is 2.28. The minimum absolute atomic E-state index is 0.0743. The van der Waals surface area contributed by atoms with E-state index < -0.39 is 12.0 Å². The fourth-order valence-electron chi connectivity index (χ4n) is 2.08. The Morgan fingerprint density at radius 1 is 1.27 bits per heavy atom. The Bertz CT molecular complexity index is 786. The van der Waals surface area contributed by atoms with Gasteiger partial charge in [0.05, 0.1) is 13.7 Å². The molecule has 0 fully saturated rings. The first-order chi connectivity index (χ1) is 12.5. The Labute approximate surface area is 156 Å². The molecule has 1 atom stereocenters. The lowest BCUT2D eigenvalue weighted by Crippen LogP contribution is -2.29. The summed E-state index contributed by atoms with van der Waals surface area (Å²) < 4.78 is 10.6. The molecule has 136 valence electrons. The van der Waals surface area contributed by atoms with Crippen molar-refractivity contribution in [1.29, 1.82) is 0 Å². The predicted octanol–water partition coefficient (Wildman–Crippen LogP) is 2.64. The van der Waals surface area contributed by atoms with Gasteiger partial charge in [-0.25, -0.2) is 5.48 Å². The highest BCUT2D eigenvalue weighted by molar-refractivity contribution is 6.30. The molecule has 0 saturated carbocycles. The number of rotatable bonds is 8. The number of halogens is 1. The van der Waals surface area contributed by atoms with Crippen molar-refractivity contribution in [3.05, 3.63) is 58.6 Å². The van der Waals surface area contributed by atoms with E-state index in [0.717, 1.165) is 5.56 Å². The van der Waals surface area contributed by atoms with E-state index in [1.807, 2.05) is 0 Å². The van der Waals surface area contributed by atoms with Gasteiger partial charge in [0.2, 0.25) is 0 Å². The third-order valence-corrected chi connectivity index (χ3v) is 3.64. The molecule has 0 heterocycles. The smallest absolute Gasteiger partial charge is 0.276 e. The second kappa shape index (κ2) is 9.68. The van der Waals surface area contributed by atoms with Crippen molar-refractivity contribution in [3.8, 4) is 23.8 Å². The zero-order valence-corrected chi connectivity index (χ0v) is 14.8. The van der Waals surface area contributed by atoms with E-state index in [1.54, 1.807) is 42.5 Å². The van der Waals surface area contributed by atoms with Gasteiger partial charge in [-0.2, -0.15) is 0 Å². The van der Waals surface area contributed by atoms with Crippen molar-refractivity contribution in [1.82, 2.24) is 5.48 Å². The van der Waals surface area contributed by atoms with Gasteiger partial charge in [0.25, 0.3) is 5.91 Å². The summed E-state index contributed by atoms with van der Waals surface area (Å²) >= 11 is 5.78. The van der Waals surface area contributed by atoms with E-state index in [-0.39, 0.29) is 13.2 Å². The monoisotopic (exact) mass is 375 g/mol. The van der Waals surface area contributed by atoms with Gasteiger partial charge in [0.15, 0.2) is 17.6 Å². The molecule has 0 radical (unpaired) electrons. The highest BCUT2D eigenvalue weighted by Gasteiger charge is 2.17. The maximum Gasteiger partial charge on any atom is 0.276 e. The van der Waals surface area contributed by atoms with E-state index in [4.69, 9.17) is 32.3 Å². The summed E-state index contributed by atoms with van der Waals surface area (Å²) in [6, 6.07) is 11.4. The number of hydroxylamine groups is 1. The van der Waals surface area contributed by atoms with E-state index in [2.05, 4.69) is 11.4 Å². The third-order valence-electron chi connectivity index (χ3n) is 3.38. The number of hydrogen-bond donors (Lipinski definition) is 2. The number of methoxy groups -OCH3 is 1. The zero-order valence-electron chi connectivity index (χ0n) is 14.1. The molecular formula is C19H18ClNO5. The Morgan fingerprint density at radius 3 is 2.65 bits per heavy atom. The molecule has 2 aromatic carbocycles. The topological polar surface area (TPSA) is 77.0 Å². The first kappa shape index (κ1) is 19.6. The molecule has 0 aliphatic rings. The summed E-state index contributed by atoms with van der Waals surface area (Å²) in [5.74, 6) is 2.69. The molecule has 0 saturated heterocycles.